The molecule has 1 aromatic rings. The number of aliphatic hydroxyl groups excluding tert-OH is 1. The van der Waals surface area contributed by atoms with Gasteiger partial charge >= 0.3 is 0 Å². The molecule has 23 heavy (non-hydrogen) atoms. The van der Waals surface area contributed by atoms with Crippen LogP contribution in [-0.4, -0.2) is 55.9 Å². The van der Waals surface area contributed by atoms with Crippen molar-refractivity contribution in [3.05, 3.63) is 29.8 Å². The van der Waals surface area contributed by atoms with Gasteiger partial charge in [-0.25, -0.2) is 0 Å². The maximum atomic E-state index is 12.7. The summed E-state index contributed by atoms with van der Waals surface area (Å²) in [6.07, 6.45) is 3.89. The highest BCUT2D eigenvalue weighted by molar-refractivity contribution is 5.94. The van der Waals surface area contributed by atoms with Crippen LogP contribution in [0.3, 0.4) is 0 Å². The van der Waals surface area contributed by atoms with Crippen molar-refractivity contribution in [3.8, 4) is 5.75 Å². The number of amides is 1. The lowest BCUT2D eigenvalue weighted by atomic mass is 9.98. The van der Waals surface area contributed by atoms with Gasteiger partial charge in [0.05, 0.1) is 6.61 Å². The second kappa shape index (κ2) is 9.53. The van der Waals surface area contributed by atoms with Crippen molar-refractivity contribution < 1.29 is 19.4 Å². The SMILES string of the molecule is COCCOc1cccc(C(=O)N2CCCC(CCO)CC2)c1. The molecule has 1 aliphatic heterocycles. The number of nitrogens with zero attached hydrogens (tertiary/aromatic N) is 1. The number of ether oxygens (including phenoxy) is 2. The van der Waals surface area contributed by atoms with E-state index in [1.165, 1.54) is 0 Å². The summed E-state index contributed by atoms with van der Waals surface area (Å²) in [5.74, 6) is 1.29. The van der Waals surface area contributed by atoms with Crippen LogP contribution in [0, 0.1) is 5.92 Å². The first kappa shape index (κ1) is 17.8. The summed E-state index contributed by atoms with van der Waals surface area (Å²) >= 11 is 0. The van der Waals surface area contributed by atoms with Crippen LogP contribution in [0.1, 0.15) is 36.0 Å². The molecule has 0 aliphatic carbocycles. The summed E-state index contributed by atoms with van der Waals surface area (Å²) < 4.78 is 10.5. The van der Waals surface area contributed by atoms with E-state index in [1.807, 2.05) is 23.1 Å². The number of benzene rings is 1. The van der Waals surface area contributed by atoms with Crippen molar-refractivity contribution >= 4 is 5.91 Å². The van der Waals surface area contributed by atoms with Gasteiger partial charge in [-0.15, -0.1) is 0 Å². The zero-order valence-electron chi connectivity index (χ0n) is 13.9. The van der Waals surface area contributed by atoms with E-state index < -0.39 is 0 Å². The number of hydrogen-bond acceptors (Lipinski definition) is 4. The second-order valence-corrected chi connectivity index (χ2v) is 5.97. The molecule has 1 atom stereocenters. The zero-order valence-corrected chi connectivity index (χ0v) is 13.9. The maximum absolute atomic E-state index is 12.7. The van der Waals surface area contributed by atoms with Crippen LogP contribution >= 0.6 is 0 Å². The Morgan fingerprint density at radius 1 is 1.30 bits per heavy atom. The maximum Gasteiger partial charge on any atom is 0.253 e. The van der Waals surface area contributed by atoms with Crippen molar-refractivity contribution in [2.45, 2.75) is 25.7 Å². The molecule has 1 N–H and O–H groups in total. The van der Waals surface area contributed by atoms with E-state index in [0.717, 1.165) is 38.8 Å². The standard InChI is InChI=1S/C18H27NO4/c1-22-12-13-23-17-6-2-5-16(14-17)18(21)19-9-3-4-15(7-10-19)8-11-20/h2,5-6,14-15,20H,3-4,7-13H2,1H3. The Morgan fingerprint density at radius 3 is 2.96 bits per heavy atom. The number of carbonyl (C=O) groups excluding carboxylic acids is 1. The minimum absolute atomic E-state index is 0.0619. The van der Waals surface area contributed by atoms with E-state index in [0.29, 0.717) is 30.4 Å². The van der Waals surface area contributed by atoms with Gasteiger partial charge in [-0.1, -0.05) is 6.07 Å². The minimum Gasteiger partial charge on any atom is -0.491 e. The molecule has 1 unspecified atom stereocenters. The van der Waals surface area contributed by atoms with Crippen LogP contribution < -0.4 is 4.74 Å². The Kier molecular flexibility index (Phi) is 7.36. The van der Waals surface area contributed by atoms with Gasteiger partial charge in [0.15, 0.2) is 0 Å². The average Bonchev–Trinajstić information content (AvgIpc) is 2.81. The lowest BCUT2D eigenvalue weighted by Crippen LogP contribution is -2.32. The minimum atomic E-state index is 0.0619. The Morgan fingerprint density at radius 2 is 2.17 bits per heavy atom. The number of rotatable bonds is 7. The molecule has 0 bridgehead atoms. The van der Waals surface area contributed by atoms with Crippen LogP contribution in [0.4, 0.5) is 0 Å². The van der Waals surface area contributed by atoms with Gasteiger partial charge in [-0.05, 0) is 49.8 Å². The van der Waals surface area contributed by atoms with Crippen LogP contribution in [-0.2, 0) is 4.74 Å². The van der Waals surface area contributed by atoms with Crippen molar-refractivity contribution in [2.75, 3.05) is 40.0 Å². The van der Waals surface area contributed by atoms with Gasteiger partial charge < -0.3 is 19.5 Å². The summed E-state index contributed by atoms with van der Waals surface area (Å²) in [5, 5.41) is 9.08. The molecule has 1 fully saturated rings. The molecular formula is C18H27NO4. The molecule has 1 amide bonds. The van der Waals surface area contributed by atoms with Crippen LogP contribution in [0.2, 0.25) is 0 Å². The summed E-state index contributed by atoms with van der Waals surface area (Å²) in [4.78, 5) is 14.6. The summed E-state index contributed by atoms with van der Waals surface area (Å²) in [6.45, 7) is 2.78. The highest BCUT2D eigenvalue weighted by Crippen LogP contribution is 2.22. The van der Waals surface area contributed by atoms with E-state index in [-0.39, 0.29) is 12.5 Å². The average molecular weight is 321 g/mol. The van der Waals surface area contributed by atoms with E-state index >= 15 is 0 Å². The van der Waals surface area contributed by atoms with E-state index in [1.54, 1.807) is 13.2 Å². The molecule has 1 aromatic carbocycles. The number of likely N-dealkylation sites (tertiary alicyclic amines) is 1. The first-order chi connectivity index (χ1) is 11.2. The number of aliphatic hydroxyl groups is 1. The molecule has 1 aliphatic rings. The third-order valence-electron chi connectivity index (χ3n) is 4.31. The largest absolute Gasteiger partial charge is 0.491 e. The van der Waals surface area contributed by atoms with Gasteiger partial charge in [0.1, 0.15) is 12.4 Å². The van der Waals surface area contributed by atoms with Gasteiger partial charge in [-0.2, -0.15) is 0 Å². The Labute approximate surface area is 138 Å². The van der Waals surface area contributed by atoms with Crippen molar-refractivity contribution in [1.29, 1.82) is 0 Å². The zero-order chi connectivity index (χ0) is 16.5. The predicted molar refractivity (Wildman–Crippen MR) is 88.8 cm³/mol. The summed E-state index contributed by atoms with van der Waals surface area (Å²) in [5.41, 5.74) is 0.667. The number of carbonyl (C=O) groups is 1. The third kappa shape index (κ3) is 5.52. The fourth-order valence-electron chi connectivity index (χ4n) is 2.98. The lowest BCUT2D eigenvalue weighted by molar-refractivity contribution is 0.0759. The highest BCUT2D eigenvalue weighted by atomic mass is 16.5. The first-order valence-corrected chi connectivity index (χ1v) is 8.36. The van der Waals surface area contributed by atoms with Crippen LogP contribution in [0.5, 0.6) is 5.75 Å². The Bertz CT molecular complexity index is 492. The number of methoxy groups -OCH3 is 1. The van der Waals surface area contributed by atoms with Gasteiger partial charge in [0, 0.05) is 32.4 Å². The molecular weight excluding hydrogens is 294 g/mol. The monoisotopic (exact) mass is 321 g/mol. The molecule has 0 saturated carbocycles. The van der Waals surface area contributed by atoms with Gasteiger partial charge in [-0.3, -0.25) is 4.79 Å². The van der Waals surface area contributed by atoms with Crippen molar-refractivity contribution in [3.63, 3.8) is 0 Å². The topological polar surface area (TPSA) is 59.0 Å². The molecule has 0 aromatic heterocycles. The fraction of sp³-hybridized carbons (Fsp3) is 0.611. The molecule has 0 radical (unpaired) electrons. The molecule has 128 valence electrons. The van der Waals surface area contributed by atoms with Gasteiger partial charge in [0.2, 0.25) is 0 Å². The molecule has 2 rings (SSSR count). The highest BCUT2D eigenvalue weighted by Gasteiger charge is 2.21. The van der Waals surface area contributed by atoms with E-state index in [2.05, 4.69) is 0 Å². The van der Waals surface area contributed by atoms with E-state index in [9.17, 15) is 4.79 Å². The fourth-order valence-corrected chi connectivity index (χ4v) is 2.98. The Hall–Kier alpha value is -1.59. The molecule has 1 heterocycles. The van der Waals surface area contributed by atoms with Crippen LogP contribution in [0.15, 0.2) is 24.3 Å². The third-order valence-corrected chi connectivity index (χ3v) is 4.31. The summed E-state index contributed by atoms with van der Waals surface area (Å²) in [6, 6.07) is 7.34. The van der Waals surface area contributed by atoms with Crippen molar-refractivity contribution in [1.82, 2.24) is 4.90 Å². The molecule has 5 nitrogen and oxygen atoms in total. The lowest BCUT2D eigenvalue weighted by Gasteiger charge is -2.21. The van der Waals surface area contributed by atoms with E-state index in [4.69, 9.17) is 14.6 Å². The first-order valence-electron chi connectivity index (χ1n) is 8.36. The van der Waals surface area contributed by atoms with Crippen molar-refractivity contribution in [2.24, 2.45) is 5.92 Å². The number of hydrogen-bond donors (Lipinski definition) is 1. The van der Waals surface area contributed by atoms with Crippen LogP contribution in [0.25, 0.3) is 0 Å². The van der Waals surface area contributed by atoms with Gasteiger partial charge in [0.25, 0.3) is 5.91 Å². The Balaban J connectivity index is 1.95. The second-order valence-electron chi connectivity index (χ2n) is 5.97. The normalized spacial score (nSPS) is 18.5. The molecule has 1 saturated heterocycles. The quantitative estimate of drug-likeness (QED) is 0.783. The molecule has 0 spiro atoms. The predicted octanol–water partition coefficient (Wildman–Crippen LogP) is 2.34. The smallest absolute Gasteiger partial charge is 0.253 e. The summed E-state index contributed by atoms with van der Waals surface area (Å²) in [7, 11) is 1.63. The molecule has 5 heteroatoms.